The summed E-state index contributed by atoms with van der Waals surface area (Å²) in [5.41, 5.74) is 5.65. The molecule has 0 aliphatic heterocycles. The Bertz CT molecular complexity index is 725. The highest BCUT2D eigenvalue weighted by atomic mass is 32.2. The topological polar surface area (TPSA) is 85.1 Å². The minimum Gasteiger partial charge on any atom is -0.397 e. The lowest BCUT2D eigenvalue weighted by atomic mass is 10.3. The molecule has 0 amide bonds. The molecule has 0 unspecified atom stereocenters. The third-order valence-electron chi connectivity index (χ3n) is 2.26. The van der Waals surface area contributed by atoms with Crippen LogP contribution in [0.15, 0.2) is 35.4 Å². The molecule has 2 aromatic rings. The molecule has 0 saturated heterocycles. The molecule has 1 aromatic carbocycles. The molecule has 2 rings (SSSR count). The third kappa shape index (κ3) is 2.82. The van der Waals surface area contributed by atoms with E-state index in [-0.39, 0.29) is 23.6 Å². The second-order valence-electron chi connectivity index (χ2n) is 3.78. The minimum absolute atomic E-state index is 0.178. The van der Waals surface area contributed by atoms with E-state index < -0.39 is 32.4 Å². The lowest BCUT2D eigenvalue weighted by Crippen LogP contribution is -2.17. The van der Waals surface area contributed by atoms with Crippen LogP contribution < -0.4 is 10.5 Å². The van der Waals surface area contributed by atoms with Crippen molar-refractivity contribution in [2.75, 3.05) is 10.5 Å². The maximum Gasteiger partial charge on any atom is 0.268 e. The van der Waals surface area contributed by atoms with Crippen LogP contribution in [0.5, 0.6) is 0 Å². The molecule has 0 fully saturated rings. The van der Waals surface area contributed by atoms with Crippen LogP contribution in [-0.2, 0) is 10.0 Å². The van der Waals surface area contributed by atoms with Crippen LogP contribution >= 0.6 is 0 Å². The number of rotatable bonds is 3. The number of benzene rings is 1. The van der Waals surface area contributed by atoms with Gasteiger partial charge in [-0.15, -0.1) is 0 Å². The van der Waals surface area contributed by atoms with E-state index >= 15 is 0 Å². The predicted molar refractivity (Wildman–Crippen MR) is 65.8 cm³/mol. The summed E-state index contributed by atoms with van der Waals surface area (Å²) in [6.07, 6.45) is 1.16. The van der Waals surface area contributed by atoms with Gasteiger partial charge in [0.2, 0.25) is 0 Å². The molecule has 106 valence electrons. The lowest BCUT2D eigenvalue weighted by Gasteiger charge is -2.09. The Morgan fingerprint density at radius 3 is 2.20 bits per heavy atom. The molecular weight excluding hydrogens is 295 g/mol. The molecule has 5 nitrogen and oxygen atoms in total. The van der Waals surface area contributed by atoms with Crippen molar-refractivity contribution in [3.63, 3.8) is 0 Å². The molecule has 0 radical (unpaired) electrons. The van der Waals surface area contributed by atoms with Gasteiger partial charge in [0.25, 0.3) is 10.0 Å². The Balaban J connectivity index is 2.43. The van der Waals surface area contributed by atoms with Gasteiger partial charge in [-0.3, -0.25) is 4.72 Å². The zero-order valence-electron chi connectivity index (χ0n) is 9.77. The third-order valence-corrected chi connectivity index (χ3v) is 3.66. The maximum atomic E-state index is 13.4. The first-order valence-electron chi connectivity index (χ1n) is 5.18. The van der Waals surface area contributed by atoms with Crippen LogP contribution in [0.2, 0.25) is 0 Å². The minimum atomic E-state index is -4.57. The maximum absolute atomic E-state index is 13.4. The second-order valence-corrected chi connectivity index (χ2v) is 5.40. The number of sulfonamides is 1. The van der Waals surface area contributed by atoms with Crippen molar-refractivity contribution in [3.05, 3.63) is 47.9 Å². The zero-order chi connectivity index (χ0) is 14.9. The first-order chi connectivity index (χ1) is 9.29. The number of nitrogens with zero attached hydrogens (tertiary/aromatic N) is 1. The fourth-order valence-corrected chi connectivity index (χ4v) is 2.57. The average Bonchev–Trinajstić information content (AvgIpc) is 2.30. The van der Waals surface area contributed by atoms with Gasteiger partial charge in [-0.2, -0.15) is 0 Å². The van der Waals surface area contributed by atoms with Crippen LogP contribution in [0.1, 0.15) is 0 Å². The molecule has 3 N–H and O–H groups in total. The molecule has 20 heavy (non-hydrogen) atoms. The highest BCUT2D eigenvalue weighted by Gasteiger charge is 2.25. The van der Waals surface area contributed by atoms with Gasteiger partial charge in [-0.1, -0.05) is 0 Å². The van der Waals surface area contributed by atoms with E-state index in [0.29, 0.717) is 0 Å². The van der Waals surface area contributed by atoms with Gasteiger partial charge in [0.1, 0.15) is 23.3 Å². The molecule has 1 aromatic heterocycles. The fraction of sp³-hybridized carbons (Fsp3) is 0. The lowest BCUT2D eigenvalue weighted by molar-refractivity contribution is 0.498. The smallest absolute Gasteiger partial charge is 0.268 e. The van der Waals surface area contributed by atoms with Crippen molar-refractivity contribution in [1.82, 2.24) is 4.98 Å². The Morgan fingerprint density at radius 1 is 1.10 bits per heavy atom. The number of aromatic nitrogens is 1. The van der Waals surface area contributed by atoms with Gasteiger partial charge in [0, 0.05) is 12.1 Å². The van der Waals surface area contributed by atoms with Crippen molar-refractivity contribution in [2.24, 2.45) is 0 Å². The Labute approximate surface area is 112 Å². The van der Waals surface area contributed by atoms with E-state index in [1.165, 1.54) is 12.1 Å². The van der Waals surface area contributed by atoms with Gasteiger partial charge in [-0.05, 0) is 12.1 Å². The van der Waals surface area contributed by atoms with E-state index in [0.717, 1.165) is 6.20 Å². The monoisotopic (exact) mass is 303 g/mol. The quantitative estimate of drug-likeness (QED) is 0.906. The molecule has 0 spiro atoms. The number of nitrogen functional groups attached to an aromatic ring is 1. The van der Waals surface area contributed by atoms with Gasteiger partial charge < -0.3 is 5.73 Å². The van der Waals surface area contributed by atoms with E-state index in [1.54, 1.807) is 0 Å². The molecule has 9 heteroatoms. The number of halogens is 3. The van der Waals surface area contributed by atoms with Crippen LogP contribution in [0, 0.1) is 17.5 Å². The van der Waals surface area contributed by atoms with E-state index in [2.05, 4.69) is 4.98 Å². The second kappa shape index (κ2) is 5.00. The Kier molecular flexibility index (Phi) is 3.53. The number of pyridine rings is 1. The molecule has 0 aliphatic rings. The summed E-state index contributed by atoms with van der Waals surface area (Å²) in [4.78, 5) is 2.35. The van der Waals surface area contributed by atoms with Gasteiger partial charge >= 0.3 is 0 Å². The van der Waals surface area contributed by atoms with Crippen LogP contribution in [0.25, 0.3) is 0 Å². The van der Waals surface area contributed by atoms with Crippen LogP contribution in [0.3, 0.4) is 0 Å². The summed E-state index contributed by atoms with van der Waals surface area (Å²) in [5.74, 6) is -4.47. The Morgan fingerprint density at radius 2 is 1.70 bits per heavy atom. The normalized spacial score (nSPS) is 11.3. The van der Waals surface area contributed by atoms with Crippen molar-refractivity contribution in [3.8, 4) is 0 Å². The first kappa shape index (κ1) is 14.1. The van der Waals surface area contributed by atoms with E-state index in [4.69, 9.17) is 5.73 Å². The summed E-state index contributed by atoms with van der Waals surface area (Å²) in [6, 6.07) is 3.11. The van der Waals surface area contributed by atoms with Crippen molar-refractivity contribution in [2.45, 2.75) is 4.90 Å². The van der Waals surface area contributed by atoms with E-state index in [9.17, 15) is 21.6 Å². The van der Waals surface area contributed by atoms with Crippen molar-refractivity contribution >= 4 is 21.5 Å². The van der Waals surface area contributed by atoms with Gasteiger partial charge in [-0.25, -0.2) is 26.6 Å². The summed E-state index contributed by atoms with van der Waals surface area (Å²) in [5, 5.41) is 0. The molecule has 0 bridgehead atoms. The molecular formula is C11H8F3N3O2S. The number of anilines is 2. The van der Waals surface area contributed by atoms with Crippen molar-refractivity contribution in [1.29, 1.82) is 0 Å². The fourth-order valence-electron chi connectivity index (χ4n) is 1.44. The summed E-state index contributed by atoms with van der Waals surface area (Å²) in [6.45, 7) is 0. The molecule has 0 atom stereocenters. The number of nitrogens with two attached hydrogens (primary N) is 1. The zero-order valence-corrected chi connectivity index (χ0v) is 10.6. The van der Waals surface area contributed by atoms with E-state index in [1.807, 2.05) is 4.72 Å². The Hall–Kier alpha value is -2.29. The molecule has 0 saturated carbocycles. The number of nitrogens with one attached hydrogen (secondary N) is 1. The first-order valence-corrected chi connectivity index (χ1v) is 6.67. The highest BCUT2D eigenvalue weighted by molar-refractivity contribution is 7.92. The van der Waals surface area contributed by atoms with Gasteiger partial charge in [0.05, 0.1) is 11.9 Å². The predicted octanol–water partition coefficient (Wildman–Crippen LogP) is 1.88. The summed E-state index contributed by atoms with van der Waals surface area (Å²) >= 11 is 0. The largest absolute Gasteiger partial charge is 0.397 e. The average molecular weight is 303 g/mol. The SMILES string of the molecule is Nc1ccc(NS(=O)(=O)c2c(F)cc(F)cc2F)nc1. The van der Waals surface area contributed by atoms with Crippen LogP contribution in [0.4, 0.5) is 24.7 Å². The highest BCUT2D eigenvalue weighted by Crippen LogP contribution is 2.22. The molecule has 1 heterocycles. The summed E-state index contributed by atoms with van der Waals surface area (Å²) < 4.78 is 65.2. The van der Waals surface area contributed by atoms with Crippen LogP contribution in [-0.4, -0.2) is 13.4 Å². The number of hydrogen-bond acceptors (Lipinski definition) is 4. The number of hydrogen-bond donors (Lipinski definition) is 2. The van der Waals surface area contributed by atoms with Gasteiger partial charge in [0.15, 0.2) is 4.90 Å². The summed E-state index contributed by atoms with van der Waals surface area (Å²) in [7, 11) is -4.57. The molecule has 0 aliphatic carbocycles. The van der Waals surface area contributed by atoms with Crippen molar-refractivity contribution < 1.29 is 21.6 Å². The standard InChI is InChI=1S/C11H8F3N3O2S/c12-6-3-8(13)11(9(14)4-6)20(18,19)17-10-2-1-7(15)5-16-10/h1-5H,15H2,(H,16,17).